The van der Waals surface area contributed by atoms with Gasteiger partial charge in [0.15, 0.2) is 11.5 Å². The number of amides is 2. The van der Waals surface area contributed by atoms with Crippen LogP contribution in [0.25, 0.3) is 0 Å². The average molecular weight is 480 g/mol. The van der Waals surface area contributed by atoms with E-state index < -0.39 is 5.54 Å². The summed E-state index contributed by atoms with van der Waals surface area (Å²) in [6.45, 7) is 10.5. The molecule has 0 aliphatic carbocycles. The SMILES string of the molecule is CCCCN1C(=O)[C@H](CC(C)C)NC(=O)C12CCN(Cc1ccc3c(c1)OCCO3)CC2.Cl. The molecule has 0 radical (unpaired) electrons. The summed E-state index contributed by atoms with van der Waals surface area (Å²) in [7, 11) is 0. The van der Waals surface area contributed by atoms with Gasteiger partial charge in [-0.25, -0.2) is 0 Å². The molecule has 3 heterocycles. The molecule has 1 aromatic rings. The summed E-state index contributed by atoms with van der Waals surface area (Å²) in [4.78, 5) is 31.0. The van der Waals surface area contributed by atoms with Crippen LogP contribution >= 0.6 is 12.4 Å². The first-order valence-electron chi connectivity index (χ1n) is 12.2. The lowest BCUT2D eigenvalue weighted by Gasteiger charge is -2.52. The van der Waals surface area contributed by atoms with Crippen molar-refractivity contribution < 1.29 is 19.1 Å². The number of fused-ring (bicyclic) bond motifs is 1. The van der Waals surface area contributed by atoms with Crippen LogP contribution in [0.1, 0.15) is 58.4 Å². The first kappa shape index (κ1) is 25.6. The van der Waals surface area contributed by atoms with Crippen molar-refractivity contribution in [2.24, 2.45) is 5.92 Å². The van der Waals surface area contributed by atoms with Gasteiger partial charge < -0.3 is 19.7 Å². The zero-order chi connectivity index (χ0) is 22.7. The summed E-state index contributed by atoms with van der Waals surface area (Å²) < 4.78 is 11.3. The Morgan fingerprint density at radius 3 is 2.48 bits per heavy atom. The second-order valence-electron chi connectivity index (χ2n) is 9.78. The van der Waals surface area contributed by atoms with Gasteiger partial charge in [-0.3, -0.25) is 14.5 Å². The Hall–Kier alpha value is -1.99. The number of rotatable bonds is 7. The first-order chi connectivity index (χ1) is 15.4. The van der Waals surface area contributed by atoms with Crippen LogP contribution in [0.5, 0.6) is 11.5 Å². The molecular weight excluding hydrogens is 442 g/mol. The molecule has 184 valence electrons. The molecule has 1 N–H and O–H groups in total. The number of hydrogen-bond acceptors (Lipinski definition) is 5. The molecule has 2 fully saturated rings. The number of halogens is 1. The highest BCUT2D eigenvalue weighted by molar-refractivity contribution is 6.00. The zero-order valence-electron chi connectivity index (χ0n) is 20.1. The van der Waals surface area contributed by atoms with Crippen LogP contribution in [0.4, 0.5) is 0 Å². The highest BCUT2D eigenvalue weighted by Gasteiger charge is 2.53. The molecule has 1 atom stereocenters. The van der Waals surface area contributed by atoms with Crippen LogP contribution in [-0.2, 0) is 16.1 Å². The predicted molar refractivity (Wildman–Crippen MR) is 130 cm³/mol. The Labute approximate surface area is 203 Å². The van der Waals surface area contributed by atoms with E-state index in [1.165, 1.54) is 5.56 Å². The van der Waals surface area contributed by atoms with E-state index in [0.29, 0.717) is 44.9 Å². The van der Waals surface area contributed by atoms with Gasteiger partial charge >= 0.3 is 0 Å². The van der Waals surface area contributed by atoms with Crippen LogP contribution in [0.15, 0.2) is 18.2 Å². The maximum absolute atomic E-state index is 13.4. The fourth-order valence-corrected chi connectivity index (χ4v) is 5.17. The molecular formula is C25H38ClN3O4. The van der Waals surface area contributed by atoms with Gasteiger partial charge in [0.05, 0.1) is 0 Å². The van der Waals surface area contributed by atoms with Crippen molar-refractivity contribution in [1.82, 2.24) is 15.1 Å². The fraction of sp³-hybridized carbons (Fsp3) is 0.680. The van der Waals surface area contributed by atoms with Crippen LogP contribution in [0.2, 0.25) is 0 Å². The molecule has 0 unspecified atom stereocenters. The van der Waals surface area contributed by atoms with Gasteiger partial charge in [0.1, 0.15) is 24.8 Å². The molecule has 4 rings (SSSR count). The maximum Gasteiger partial charge on any atom is 0.246 e. The van der Waals surface area contributed by atoms with Crippen molar-refractivity contribution in [1.29, 1.82) is 0 Å². The number of nitrogens with zero attached hydrogens (tertiary/aromatic N) is 2. The normalized spacial score (nSPS) is 22.3. The van der Waals surface area contributed by atoms with E-state index in [1.54, 1.807) is 0 Å². The minimum atomic E-state index is -0.705. The van der Waals surface area contributed by atoms with Gasteiger partial charge in [-0.05, 0) is 49.3 Å². The summed E-state index contributed by atoms with van der Waals surface area (Å²) in [5.41, 5.74) is 0.470. The molecule has 0 bridgehead atoms. The van der Waals surface area contributed by atoms with Crippen molar-refractivity contribution in [3.63, 3.8) is 0 Å². The Kier molecular flexibility index (Phi) is 8.51. The monoisotopic (exact) mass is 479 g/mol. The summed E-state index contributed by atoms with van der Waals surface area (Å²) in [6, 6.07) is 5.73. The van der Waals surface area contributed by atoms with E-state index >= 15 is 0 Å². The molecule has 7 nitrogen and oxygen atoms in total. The molecule has 3 aliphatic rings. The number of likely N-dealkylation sites (tertiary alicyclic amines) is 1. The maximum atomic E-state index is 13.4. The number of carbonyl (C=O) groups excluding carboxylic acids is 2. The van der Waals surface area contributed by atoms with E-state index in [0.717, 1.165) is 44.0 Å². The summed E-state index contributed by atoms with van der Waals surface area (Å²) in [6.07, 6.45) is 3.97. The fourth-order valence-electron chi connectivity index (χ4n) is 5.17. The Morgan fingerprint density at radius 2 is 1.82 bits per heavy atom. The molecule has 3 aliphatic heterocycles. The average Bonchev–Trinajstić information content (AvgIpc) is 2.78. The van der Waals surface area contributed by atoms with Crippen LogP contribution in [0.3, 0.4) is 0 Å². The van der Waals surface area contributed by atoms with Gasteiger partial charge in [0.2, 0.25) is 11.8 Å². The Bertz CT molecular complexity index is 839. The van der Waals surface area contributed by atoms with Gasteiger partial charge in [-0.15, -0.1) is 12.4 Å². The highest BCUT2D eigenvalue weighted by Crippen LogP contribution is 2.36. The summed E-state index contributed by atoms with van der Waals surface area (Å²) in [5, 5.41) is 3.08. The number of carbonyl (C=O) groups is 2. The minimum Gasteiger partial charge on any atom is -0.486 e. The number of nitrogens with one attached hydrogen (secondary N) is 1. The van der Waals surface area contributed by atoms with Crippen molar-refractivity contribution in [2.75, 3.05) is 32.8 Å². The Balaban J connectivity index is 0.00000306. The van der Waals surface area contributed by atoms with Gasteiger partial charge in [-0.2, -0.15) is 0 Å². The van der Waals surface area contributed by atoms with Gasteiger partial charge in [0.25, 0.3) is 0 Å². The van der Waals surface area contributed by atoms with Crippen LogP contribution in [-0.4, -0.2) is 66.0 Å². The van der Waals surface area contributed by atoms with E-state index in [4.69, 9.17) is 9.47 Å². The number of unbranched alkanes of at least 4 members (excludes halogenated alkanes) is 1. The lowest BCUT2D eigenvalue weighted by atomic mass is 9.80. The number of piperidine rings is 1. The predicted octanol–water partition coefficient (Wildman–Crippen LogP) is 3.39. The second kappa shape index (κ2) is 11.0. The minimum absolute atomic E-state index is 0. The summed E-state index contributed by atoms with van der Waals surface area (Å²) in [5.74, 6) is 2.11. The van der Waals surface area contributed by atoms with Crippen molar-refractivity contribution in [3.8, 4) is 11.5 Å². The van der Waals surface area contributed by atoms with Gasteiger partial charge in [-0.1, -0.05) is 33.3 Å². The quantitative estimate of drug-likeness (QED) is 0.649. The third kappa shape index (κ3) is 5.40. The smallest absolute Gasteiger partial charge is 0.246 e. The van der Waals surface area contributed by atoms with E-state index in [1.807, 2.05) is 11.0 Å². The van der Waals surface area contributed by atoms with Crippen molar-refractivity contribution in [3.05, 3.63) is 23.8 Å². The van der Waals surface area contributed by atoms with Gasteiger partial charge in [0, 0.05) is 26.2 Å². The second-order valence-corrected chi connectivity index (χ2v) is 9.78. The highest BCUT2D eigenvalue weighted by atomic mass is 35.5. The number of hydrogen-bond donors (Lipinski definition) is 1. The van der Waals surface area contributed by atoms with Crippen LogP contribution < -0.4 is 14.8 Å². The standard InChI is InChI=1S/C25H37N3O4.ClH/c1-4-5-10-28-23(29)20(15-18(2)3)26-24(30)25(28)8-11-27(12-9-25)17-19-6-7-21-22(16-19)32-14-13-31-21;/h6-7,16,18,20H,4-5,8-15,17H2,1-3H3,(H,26,30);1H/t20-;/m0./s1. The molecule has 1 aromatic carbocycles. The number of ether oxygens (including phenoxy) is 2. The molecule has 2 saturated heterocycles. The molecule has 1 spiro atoms. The number of piperazine rings is 1. The largest absolute Gasteiger partial charge is 0.486 e. The topological polar surface area (TPSA) is 71.1 Å². The van der Waals surface area contributed by atoms with E-state index in [9.17, 15) is 9.59 Å². The summed E-state index contributed by atoms with van der Waals surface area (Å²) >= 11 is 0. The molecule has 0 saturated carbocycles. The Morgan fingerprint density at radius 1 is 1.12 bits per heavy atom. The molecule has 2 amide bonds. The first-order valence-corrected chi connectivity index (χ1v) is 12.2. The van der Waals surface area contributed by atoms with Crippen molar-refractivity contribution in [2.45, 2.75) is 71.0 Å². The van der Waals surface area contributed by atoms with E-state index in [2.05, 4.69) is 43.1 Å². The third-order valence-electron chi connectivity index (χ3n) is 6.95. The number of benzene rings is 1. The van der Waals surface area contributed by atoms with E-state index in [-0.39, 0.29) is 30.3 Å². The zero-order valence-corrected chi connectivity index (χ0v) is 20.9. The van der Waals surface area contributed by atoms with Crippen molar-refractivity contribution >= 4 is 24.2 Å². The molecule has 0 aromatic heterocycles. The lowest BCUT2D eigenvalue weighted by Crippen LogP contribution is -2.73. The molecule has 33 heavy (non-hydrogen) atoms. The third-order valence-corrected chi connectivity index (χ3v) is 6.95. The van der Waals surface area contributed by atoms with Crippen LogP contribution in [0, 0.1) is 5.92 Å². The molecule has 8 heteroatoms. The lowest BCUT2D eigenvalue weighted by molar-refractivity contribution is -0.161.